The van der Waals surface area contributed by atoms with Crippen molar-refractivity contribution in [3.05, 3.63) is 34.2 Å². The minimum Gasteiger partial charge on any atom is -0.378 e. The highest BCUT2D eigenvalue weighted by molar-refractivity contribution is 7.99. The minimum absolute atomic E-state index is 0.135. The molecule has 0 bridgehead atoms. The summed E-state index contributed by atoms with van der Waals surface area (Å²) in [6.45, 7) is 4.42. The van der Waals surface area contributed by atoms with E-state index in [-0.39, 0.29) is 12.1 Å². The molecule has 0 saturated heterocycles. The predicted octanol–water partition coefficient (Wildman–Crippen LogP) is 1.86. The first kappa shape index (κ1) is 14.7. The number of halogens is 1. The summed E-state index contributed by atoms with van der Waals surface area (Å²) in [6, 6.07) is 0. The van der Waals surface area contributed by atoms with Crippen LogP contribution in [0.4, 0.5) is 5.69 Å². The smallest absolute Gasteiger partial charge is 0.292 e. The molecule has 6 heteroatoms. The van der Waals surface area contributed by atoms with E-state index in [4.69, 9.17) is 18.0 Å². The van der Waals surface area contributed by atoms with Gasteiger partial charge >= 0.3 is 0 Å². The number of anilines is 1. The first-order valence-corrected chi connectivity index (χ1v) is 6.85. The van der Waals surface area contributed by atoms with Crippen LogP contribution in [0.1, 0.15) is 0 Å². The van der Waals surface area contributed by atoms with E-state index in [9.17, 15) is 4.79 Å². The van der Waals surface area contributed by atoms with Crippen molar-refractivity contribution in [3.8, 4) is 12.3 Å². The zero-order valence-corrected chi connectivity index (χ0v) is 11.4. The number of hydrogen-bond acceptors (Lipinski definition) is 4. The Morgan fingerprint density at radius 3 is 3.17 bits per heavy atom. The van der Waals surface area contributed by atoms with Gasteiger partial charge in [-0.15, -0.1) is 13.0 Å². The number of terminal acetylenes is 1. The van der Waals surface area contributed by atoms with Gasteiger partial charge in [-0.1, -0.05) is 23.6 Å². The third-order valence-electron chi connectivity index (χ3n) is 2.02. The summed E-state index contributed by atoms with van der Waals surface area (Å²) in [5, 5.41) is 7.17. The fraction of sp³-hybridized carbons (Fsp3) is 0.333. The molecule has 96 valence electrons. The predicted molar refractivity (Wildman–Crippen MR) is 78.4 cm³/mol. The molecule has 0 aliphatic carbocycles. The molecular weight excluding hydrogens is 270 g/mol. The molecule has 0 aromatic carbocycles. The Labute approximate surface area is 115 Å². The molecule has 0 aliphatic heterocycles. The third-order valence-corrected chi connectivity index (χ3v) is 3.27. The summed E-state index contributed by atoms with van der Waals surface area (Å²) in [6.07, 6.45) is 8.41. The van der Waals surface area contributed by atoms with Gasteiger partial charge in [0.2, 0.25) is 0 Å². The fourth-order valence-electron chi connectivity index (χ4n) is 1.24. The maximum Gasteiger partial charge on any atom is 0.292 e. The molecular formula is C12H14ClN3OS. The summed E-state index contributed by atoms with van der Waals surface area (Å²) >= 11 is 7.65. The van der Waals surface area contributed by atoms with Crippen molar-refractivity contribution in [3.63, 3.8) is 0 Å². The van der Waals surface area contributed by atoms with E-state index < -0.39 is 0 Å². The van der Waals surface area contributed by atoms with Gasteiger partial charge in [0, 0.05) is 18.1 Å². The summed E-state index contributed by atoms with van der Waals surface area (Å²) in [7, 11) is 0. The Kier molecular flexibility index (Phi) is 6.40. The summed E-state index contributed by atoms with van der Waals surface area (Å²) < 4.78 is 1.20. The molecule has 1 N–H and O–H groups in total. The van der Waals surface area contributed by atoms with Crippen LogP contribution in [0.25, 0.3) is 0 Å². The van der Waals surface area contributed by atoms with Crippen molar-refractivity contribution < 1.29 is 0 Å². The molecule has 1 aromatic rings. The second-order valence-electron chi connectivity index (χ2n) is 3.32. The zero-order chi connectivity index (χ0) is 13.4. The lowest BCUT2D eigenvalue weighted by Gasteiger charge is -2.08. The molecule has 1 heterocycles. The van der Waals surface area contributed by atoms with Gasteiger partial charge < -0.3 is 5.32 Å². The Balaban J connectivity index is 2.69. The second-order valence-corrected chi connectivity index (χ2v) is 4.88. The quantitative estimate of drug-likeness (QED) is 0.471. The van der Waals surface area contributed by atoms with Gasteiger partial charge in [-0.2, -0.15) is 16.9 Å². The highest BCUT2D eigenvalue weighted by Crippen LogP contribution is 2.15. The third kappa shape index (κ3) is 4.13. The van der Waals surface area contributed by atoms with E-state index in [1.54, 1.807) is 11.8 Å². The maximum absolute atomic E-state index is 11.9. The molecule has 0 fully saturated rings. The summed E-state index contributed by atoms with van der Waals surface area (Å²) in [4.78, 5) is 11.9. The number of thioether (sulfide) groups is 1. The van der Waals surface area contributed by atoms with Crippen LogP contribution in [0.5, 0.6) is 0 Å². The first-order valence-electron chi connectivity index (χ1n) is 5.32. The lowest BCUT2D eigenvalue weighted by atomic mass is 10.4. The molecule has 4 nitrogen and oxygen atoms in total. The lowest BCUT2D eigenvalue weighted by molar-refractivity contribution is 0.664. The minimum atomic E-state index is -0.297. The van der Waals surface area contributed by atoms with Crippen LogP contribution in [0.2, 0.25) is 5.02 Å². The molecule has 0 amide bonds. The number of nitrogens with zero attached hydrogens (tertiary/aromatic N) is 2. The van der Waals surface area contributed by atoms with Gasteiger partial charge in [-0.05, 0) is 0 Å². The van der Waals surface area contributed by atoms with E-state index in [0.717, 1.165) is 11.5 Å². The normalized spacial score (nSPS) is 9.78. The van der Waals surface area contributed by atoms with E-state index in [0.29, 0.717) is 17.3 Å². The number of nitrogens with one attached hydrogen (secondary N) is 1. The van der Waals surface area contributed by atoms with Crippen LogP contribution in [-0.2, 0) is 6.54 Å². The average Bonchev–Trinajstić information content (AvgIpc) is 2.36. The van der Waals surface area contributed by atoms with Crippen molar-refractivity contribution in [1.29, 1.82) is 0 Å². The first-order chi connectivity index (χ1) is 8.70. The van der Waals surface area contributed by atoms with Gasteiger partial charge in [0.15, 0.2) is 0 Å². The Morgan fingerprint density at radius 2 is 2.50 bits per heavy atom. The maximum atomic E-state index is 11.9. The monoisotopic (exact) mass is 283 g/mol. The van der Waals surface area contributed by atoms with Gasteiger partial charge in [0.25, 0.3) is 5.56 Å². The van der Waals surface area contributed by atoms with E-state index in [1.165, 1.54) is 10.9 Å². The highest BCUT2D eigenvalue weighted by Gasteiger charge is 2.08. The van der Waals surface area contributed by atoms with Crippen LogP contribution in [-0.4, -0.2) is 27.8 Å². The van der Waals surface area contributed by atoms with E-state index in [1.807, 2.05) is 6.08 Å². The van der Waals surface area contributed by atoms with Crippen LogP contribution in [0.15, 0.2) is 23.6 Å². The van der Waals surface area contributed by atoms with Crippen molar-refractivity contribution >= 4 is 29.1 Å². The van der Waals surface area contributed by atoms with Gasteiger partial charge in [-0.25, -0.2) is 4.68 Å². The molecule has 0 saturated carbocycles. The van der Waals surface area contributed by atoms with Crippen LogP contribution in [0.3, 0.4) is 0 Å². The second kappa shape index (κ2) is 7.85. The molecule has 0 unspecified atom stereocenters. The number of aromatic nitrogens is 2. The van der Waals surface area contributed by atoms with Crippen LogP contribution < -0.4 is 10.9 Å². The number of rotatable bonds is 7. The molecule has 0 spiro atoms. The largest absolute Gasteiger partial charge is 0.378 e. The summed E-state index contributed by atoms with van der Waals surface area (Å²) in [5.41, 5.74) is 0.0512. The van der Waals surface area contributed by atoms with Gasteiger partial charge in [0.05, 0.1) is 11.2 Å². The lowest BCUT2D eigenvalue weighted by Crippen LogP contribution is -2.26. The van der Waals surface area contributed by atoms with Gasteiger partial charge in [0.1, 0.15) is 12.2 Å². The SMILES string of the molecule is C#CCn1ncc(Cl)c(NCCSCC=C)c1=O. The van der Waals surface area contributed by atoms with Gasteiger partial charge in [-0.3, -0.25) is 4.79 Å². The van der Waals surface area contributed by atoms with Crippen LogP contribution >= 0.6 is 23.4 Å². The Morgan fingerprint density at radius 1 is 1.72 bits per heavy atom. The Bertz CT molecular complexity index is 507. The average molecular weight is 284 g/mol. The molecule has 0 aliphatic rings. The van der Waals surface area contributed by atoms with Crippen LogP contribution in [0, 0.1) is 12.3 Å². The Hall–Kier alpha value is -1.38. The van der Waals surface area contributed by atoms with E-state index >= 15 is 0 Å². The molecule has 0 radical (unpaired) electrons. The topological polar surface area (TPSA) is 46.9 Å². The molecule has 18 heavy (non-hydrogen) atoms. The summed E-state index contributed by atoms with van der Waals surface area (Å²) in [5.74, 6) is 4.11. The molecule has 1 aromatic heterocycles. The van der Waals surface area contributed by atoms with Crippen molar-refractivity contribution in [1.82, 2.24) is 9.78 Å². The zero-order valence-electron chi connectivity index (χ0n) is 9.86. The van der Waals surface area contributed by atoms with Crippen molar-refractivity contribution in [2.45, 2.75) is 6.54 Å². The van der Waals surface area contributed by atoms with Crippen molar-refractivity contribution in [2.24, 2.45) is 0 Å². The van der Waals surface area contributed by atoms with E-state index in [2.05, 4.69) is 22.9 Å². The molecule has 0 atom stereocenters. The molecule has 1 rings (SSSR count). The standard InChI is InChI=1S/C12H14ClN3OS/c1-3-6-16-12(17)11(10(13)9-15-16)14-5-8-18-7-4-2/h1,4,9,14H,2,5-8H2. The number of hydrogen-bond donors (Lipinski definition) is 1. The fourth-order valence-corrected chi connectivity index (χ4v) is 2.01. The van der Waals surface area contributed by atoms with Crippen molar-refractivity contribution in [2.75, 3.05) is 23.4 Å². The highest BCUT2D eigenvalue weighted by atomic mass is 35.5.